The molecule has 2 aliphatic rings. The molecule has 3 rings (SSSR count). The van der Waals surface area contributed by atoms with Gasteiger partial charge in [0.2, 0.25) is 6.79 Å². The Kier molecular flexibility index (Phi) is 6.61. The van der Waals surface area contributed by atoms with Crippen molar-refractivity contribution in [3.8, 4) is 11.5 Å². The lowest BCUT2D eigenvalue weighted by molar-refractivity contribution is 0.158. The standard InChI is InChI=1S/C20H31N3O3/c1-15-7-3-5-11-23(15)12-6-4-10-21-20(24)22-16(2)17-8-9-18-19(13-17)26-14-25-18/h8-9,13,15-16H,3-7,10-12,14H2,1-2H3,(H2,21,22,24). The average Bonchev–Trinajstić information content (AvgIpc) is 3.10. The van der Waals surface area contributed by atoms with Gasteiger partial charge in [0.25, 0.3) is 0 Å². The van der Waals surface area contributed by atoms with Gasteiger partial charge in [0.1, 0.15) is 0 Å². The molecule has 2 atom stereocenters. The summed E-state index contributed by atoms with van der Waals surface area (Å²) in [7, 11) is 0. The van der Waals surface area contributed by atoms with Crippen LogP contribution in [-0.4, -0.2) is 43.4 Å². The van der Waals surface area contributed by atoms with Crippen LogP contribution in [0.25, 0.3) is 0 Å². The summed E-state index contributed by atoms with van der Waals surface area (Å²) in [6.45, 7) is 7.62. The van der Waals surface area contributed by atoms with E-state index in [4.69, 9.17) is 9.47 Å². The molecule has 0 saturated carbocycles. The fourth-order valence-electron chi connectivity index (χ4n) is 3.65. The molecule has 2 unspecified atom stereocenters. The number of rotatable bonds is 7. The van der Waals surface area contributed by atoms with E-state index in [9.17, 15) is 4.79 Å². The van der Waals surface area contributed by atoms with Crippen LogP contribution in [0.5, 0.6) is 11.5 Å². The van der Waals surface area contributed by atoms with Gasteiger partial charge in [-0.3, -0.25) is 0 Å². The topological polar surface area (TPSA) is 62.8 Å². The van der Waals surface area contributed by atoms with E-state index in [0.717, 1.165) is 36.4 Å². The average molecular weight is 361 g/mol. The predicted molar refractivity (Wildman–Crippen MR) is 102 cm³/mol. The molecule has 1 fully saturated rings. The maximum absolute atomic E-state index is 12.1. The normalized spacial score (nSPS) is 20.6. The largest absolute Gasteiger partial charge is 0.454 e. The molecule has 2 heterocycles. The highest BCUT2D eigenvalue weighted by atomic mass is 16.7. The van der Waals surface area contributed by atoms with Crippen LogP contribution in [0, 0.1) is 0 Å². The number of piperidine rings is 1. The number of urea groups is 1. The zero-order valence-electron chi connectivity index (χ0n) is 15.9. The Morgan fingerprint density at radius 1 is 1.27 bits per heavy atom. The van der Waals surface area contributed by atoms with E-state index >= 15 is 0 Å². The number of unbranched alkanes of at least 4 members (excludes halogenated alkanes) is 1. The fourth-order valence-corrected chi connectivity index (χ4v) is 3.65. The van der Waals surface area contributed by atoms with Crippen LogP contribution in [0.1, 0.15) is 57.6 Å². The molecule has 0 radical (unpaired) electrons. The quantitative estimate of drug-likeness (QED) is 0.731. The van der Waals surface area contributed by atoms with Crippen LogP contribution in [0.4, 0.5) is 4.79 Å². The SMILES string of the molecule is CC(NC(=O)NCCCCN1CCCCC1C)c1ccc2c(c1)OCO2. The molecule has 2 N–H and O–H groups in total. The number of benzene rings is 1. The van der Waals surface area contributed by atoms with Crippen molar-refractivity contribution in [3.63, 3.8) is 0 Å². The van der Waals surface area contributed by atoms with Gasteiger partial charge in [0.15, 0.2) is 11.5 Å². The number of amides is 2. The van der Waals surface area contributed by atoms with Crippen LogP contribution in [-0.2, 0) is 0 Å². The summed E-state index contributed by atoms with van der Waals surface area (Å²) < 4.78 is 10.7. The minimum absolute atomic E-state index is 0.0845. The lowest BCUT2D eigenvalue weighted by Gasteiger charge is -2.33. The summed E-state index contributed by atoms with van der Waals surface area (Å²) in [4.78, 5) is 14.7. The summed E-state index contributed by atoms with van der Waals surface area (Å²) in [5.74, 6) is 1.50. The maximum Gasteiger partial charge on any atom is 0.315 e. The molecule has 144 valence electrons. The molecule has 0 bridgehead atoms. The van der Waals surface area contributed by atoms with Gasteiger partial charge in [0, 0.05) is 12.6 Å². The number of nitrogens with zero attached hydrogens (tertiary/aromatic N) is 1. The van der Waals surface area contributed by atoms with E-state index in [1.54, 1.807) is 0 Å². The number of hydrogen-bond acceptors (Lipinski definition) is 4. The summed E-state index contributed by atoms with van der Waals surface area (Å²) in [5.41, 5.74) is 1.00. The molecule has 0 aromatic heterocycles. The Hall–Kier alpha value is -1.95. The number of fused-ring (bicyclic) bond motifs is 1. The lowest BCUT2D eigenvalue weighted by Crippen LogP contribution is -2.39. The third-order valence-electron chi connectivity index (χ3n) is 5.34. The predicted octanol–water partition coefficient (Wildman–Crippen LogP) is 3.43. The van der Waals surface area contributed by atoms with Crippen molar-refractivity contribution in [2.45, 2.75) is 58.0 Å². The molecule has 6 heteroatoms. The Morgan fingerprint density at radius 2 is 2.12 bits per heavy atom. The van der Waals surface area contributed by atoms with Gasteiger partial charge in [-0.2, -0.15) is 0 Å². The molecular weight excluding hydrogens is 330 g/mol. The van der Waals surface area contributed by atoms with E-state index in [1.165, 1.54) is 25.8 Å². The van der Waals surface area contributed by atoms with Crippen LogP contribution in [0.15, 0.2) is 18.2 Å². The molecule has 1 aromatic rings. The Labute approximate surface area is 156 Å². The van der Waals surface area contributed by atoms with Gasteiger partial charge >= 0.3 is 6.03 Å². The number of nitrogens with one attached hydrogen (secondary N) is 2. The molecule has 6 nitrogen and oxygen atoms in total. The second kappa shape index (κ2) is 9.12. The third kappa shape index (κ3) is 5.04. The Bertz CT molecular complexity index is 608. The first-order chi connectivity index (χ1) is 12.6. The summed E-state index contributed by atoms with van der Waals surface area (Å²) in [6.07, 6.45) is 6.14. The Morgan fingerprint density at radius 3 is 2.96 bits per heavy atom. The number of likely N-dealkylation sites (tertiary alicyclic amines) is 1. The monoisotopic (exact) mass is 361 g/mol. The first-order valence-corrected chi connectivity index (χ1v) is 9.81. The van der Waals surface area contributed by atoms with E-state index in [0.29, 0.717) is 12.6 Å². The zero-order valence-corrected chi connectivity index (χ0v) is 15.9. The van der Waals surface area contributed by atoms with Crippen molar-refractivity contribution < 1.29 is 14.3 Å². The van der Waals surface area contributed by atoms with E-state index in [-0.39, 0.29) is 18.9 Å². The molecule has 1 aromatic carbocycles. The van der Waals surface area contributed by atoms with Crippen LogP contribution in [0.3, 0.4) is 0 Å². The summed E-state index contributed by atoms with van der Waals surface area (Å²) >= 11 is 0. The summed E-state index contributed by atoms with van der Waals surface area (Å²) in [6, 6.07) is 6.27. The minimum atomic E-state index is -0.124. The number of carbonyl (C=O) groups excluding carboxylic acids is 1. The van der Waals surface area contributed by atoms with Crippen LogP contribution < -0.4 is 20.1 Å². The van der Waals surface area contributed by atoms with Crippen LogP contribution in [0.2, 0.25) is 0 Å². The zero-order chi connectivity index (χ0) is 18.4. The van der Waals surface area contributed by atoms with Crippen molar-refractivity contribution in [1.82, 2.24) is 15.5 Å². The fraction of sp³-hybridized carbons (Fsp3) is 0.650. The van der Waals surface area contributed by atoms with E-state index in [2.05, 4.69) is 22.5 Å². The Balaban J connectivity index is 1.32. The van der Waals surface area contributed by atoms with Crippen molar-refractivity contribution in [1.29, 1.82) is 0 Å². The molecule has 0 aliphatic carbocycles. The number of hydrogen-bond donors (Lipinski definition) is 2. The van der Waals surface area contributed by atoms with Gasteiger partial charge < -0.3 is 25.0 Å². The van der Waals surface area contributed by atoms with Crippen molar-refractivity contribution in [2.24, 2.45) is 0 Å². The highest BCUT2D eigenvalue weighted by molar-refractivity contribution is 5.74. The van der Waals surface area contributed by atoms with Gasteiger partial charge in [0.05, 0.1) is 6.04 Å². The van der Waals surface area contributed by atoms with Gasteiger partial charge in [-0.1, -0.05) is 12.5 Å². The molecule has 2 aliphatic heterocycles. The maximum atomic E-state index is 12.1. The lowest BCUT2D eigenvalue weighted by atomic mass is 10.0. The molecule has 26 heavy (non-hydrogen) atoms. The smallest absolute Gasteiger partial charge is 0.315 e. The number of ether oxygens (including phenoxy) is 2. The second-order valence-electron chi connectivity index (χ2n) is 7.32. The van der Waals surface area contributed by atoms with Crippen molar-refractivity contribution in [3.05, 3.63) is 23.8 Å². The summed E-state index contributed by atoms with van der Waals surface area (Å²) in [5, 5.41) is 5.94. The van der Waals surface area contributed by atoms with Crippen LogP contribution >= 0.6 is 0 Å². The third-order valence-corrected chi connectivity index (χ3v) is 5.34. The number of carbonyl (C=O) groups is 1. The highest BCUT2D eigenvalue weighted by Crippen LogP contribution is 2.34. The van der Waals surface area contributed by atoms with Crippen molar-refractivity contribution >= 4 is 6.03 Å². The molecule has 0 spiro atoms. The van der Waals surface area contributed by atoms with Gasteiger partial charge in [-0.05, 0) is 70.3 Å². The molecule has 1 saturated heterocycles. The van der Waals surface area contributed by atoms with Gasteiger partial charge in [-0.25, -0.2) is 4.79 Å². The van der Waals surface area contributed by atoms with E-state index < -0.39 is 0 Å². The highest BCUT2D eigenvalue weighted by Gasteiger charge is 2.18. The second-order valence-corrected chi connectivity index (χ2v) is 7.32. The first-order valence-electron chi connectivity index (χ1n) is 9.81. The molecular formula is C20H31N3O3. The van der Waals surface area contributed by atoms with Gasteiger partial charge in [-0.15, -0.1) is 0 Å². The van der Waals surface area contributed by atoms with E-state index in [1.807, 2.05) is 25.1 Å². The first kappa shape index (κ1) is 18.8. The molecule has 2 amide bonds. The minimum Gasteiger partial charge on any atom is -0.454 e. The van der Waals surface area contributed by atoms with Crippen molar-refractivity contribution in [2.75, 3.05) is 26.4 Å².